The van der Waals surface area contributed by atoms with E-state index in [9.17, 15) is 9.59 Å². The van der Waals surface area contributed by atoms with Gasteiger partial charge >= 0.3 is 11.7 Å². The highest BCUT2D eigenvalue weighted by molar-refractivity contribution is 6.63. The van der Waals surface area contributed by atoms with Gasteiger partial charge in [-0.3, -0.25) is 4.79 Å². The second-order valence-corrected chi connectivity index (χ2v) is 4.56. The predicted molar refractivity (Wildman–Crippen MR) is 80.4 cm³/mol. The number of ketones is 1. The fourth-order valence-corrected chi connectivity index (χ4v) is 2.21. The van der Waals surface area contributed by atoms with E-state index in [4.69, 9.17) is 5.53 Å². The Morgan fingerprint density at radius 3 is 1.77 bits per heavy atom. The standard InChI is InChI=1S/C17H14N2O3/c1-22-17(21)15(19-18)16(20)14(12-8-4-2-5-9-12)13-10-6-3-7-11-13/h2-11,14H,1H3. The van der Waals surface area contributed by atoms with Crippen molar-refractivity contribution in [3.05, 3.63) is 77.3 Å². The van der Waals surface area contributed by atoms with Crippen molar-refractivity contribution in [2.75, 3.05) is 7.11 Å². The van der Waals surface area contributed by atoms with Crippen LogP contribution < -0.4 is 0 Å². The minimum atomic E-state index is -0.968. The number of methoxy groups -OCH3 is 1. The molecule has 0 radical (unpaired) electrons. The highest BCUT2D eigenvalue weighted by Gasteiger charge is 2.38. The molecule has 0 aliphatic heterocycles. The summed E-state index contributed by atoms with van der Waals surface area (Å²) in [5.41, 5.74) is 9.78. The Morgan fingerprint density at radius 1 is 0.955 bits per heavy atom. The molecule has 0 aliphatic rings. The summed E-state index contributed by atoms with van der Waals surface area (Å²) in [6.45, 7) is 0. The molecule has 0 saturated heterocycles. The van der Waals surface area contributed by atoms with E-state index in [1.54, 1.807) is 48.5 Å². The Labute approximate surface area is 127 Å². The van der Waals surface area contributed by atoms with Crippen LogP contribution in [0.2, 0.25) is 0 Å². The molecule has 5 heteroatoms. The van der Waals surface area contributed by atoms with Crippen molar-refractivity contribution >= 4 is 17.5 Å². The summed E-state index contributed by atoms with van der Waals surface area (Å²) in [5.74, 6) is -2.33. The van der Waals surface area contributed by atoms with Gasteiger partial charge in [0.05, 0.1) is 13.0 Å². The molecule has 0 bridgehead atoms. The Balaban J connectivity index is 2.53. The topological polar surface area (TPSA) is 79.8 Å². The first-order valence-electron chi connectivity index (χ1n) is 6.63. The lowest BCUT2D eigenvalue weighted by molar-refractivity contribution is -0.139. The molecule has 0 N–H and O–H groups in total. The third-order valence-electron chi connectivity index (χ3n) is 3.24. The average molecular weight is 294 g/mol. The Hall–Kier alpha value is -3.04. The quantitative estimate of drug-likeness (QED) is 0.279. The molecule has 110 valence electrons. The number of hydrogen-bond acceptors (Lipinski definition) is 3. The van der Waals surface area contributed by atoms with Crippen LogP contribution in [0, 0.1) is 0 Å². The molecule has 2 aromatic carbocycles. The van der Waals surface area contributed by atoms with Crippen molar-refractivity contribution in [3.8, 4) is 0 Å². The normalized spacial score (nSPS) is 9.91. The zero-order valence-electron chi connectivity index (χ0n) is 12.0. The highest BCUT2D eigenvalue weighted by Crippen LogP contribution is 2.25. The summed E-state index contributed by atoms with van der Waals surface area (Å²) in [5, 5.41) is 0. The number of nitrogens with zero attached hydrogens (tertiary/aromatic N) is 2. The lowest BCUT2D eigenvalue weighted by Crippen LogP contribution is -2.31. The largest absolute Gasteiger partial charge is 0.460 e. The third kappa shape index (κ3) is 3.16. The molecular formula is C17H14N2O3. The molecule has 0 aliphatic carbocycles. The van der Waals surface area contributed by atoms with Gasteiger partial charge in [-0.05, 0) is 11.1 Å². The van der Waals surface area contributed by atoms with Crippen LogP contribution in [0.4, 0.5) is 0 Å². The maximum absolute atomic E-state index is 12.7. The van der Waals surface area contributed by atoms with Crippen molar-refractivity contribution in [1.82, 2.24) is 0 Å². The van der Waals surface area contributed by atoms with Gasteiger partial charge in [0.15, 0.2) is 0 Å². The van der Waals surface area contributed by atoms with Gasteiger partial charge in [0.2, 0.25) is 0 Å². The van der Waals surface area contributed by atoms with E-state index >= 15 is 0 Å². The maximum Gasteiger partial charge on any atom is 0.442 e. The summed E-state index contributed by atoms with van der Waals surface area (Å²) < 4.78 is 4.50. The zero-order chi connectivity index (χ0) is 15.9. The SMILES string of the molecule is COC(=O)C(=[N+]=[N-])C(=O)C(c1ccccc1)c1ccccc1. The van der Waals surface area contributed by atoms with Crippen LogP contribution in [0.1, 0.15) is 17.0 Å². The van der Waals surface area contributed by atoms with Crippen LogP contribution in [0.5, 0.6) is 0 Å². The molecule has 0 aromatic heterocycles. The van der Waals surface area contributed by atoms with E-state index in [0.29, 0.717) is 11.1 Å². The Morgan fingerprint density at radius 2 is 1.41 bits per heavy atom. The number of hydrogen-bond donors (Lipinski definition) is 0. The van der Waals surface area contributed by atoms with Crippen molar-refractivity contribution in [1.29, 1.82) is 0 Å². The number of carbonyl (C=O) groups is 2. The Bertz CT molecular complexity index is 681. The molecule has 0 unspecified atom stereocenters. The van der Waals surface area contributed by atoms with E-state index in [2.05, 4.69) is 9.53 Å². The van der Waals surface area contributed by atoms with Crippen LogP contribution in [-0.2, 0) is 14.3 Å². The lowest BCUT2D eigenvalue weighted by atomic mass is 9.86. The average Bonchev–Trinajstić information content (AvgIpc) is 2.57. The van der Waals surface area contributed by atoms with Crippen LogP contribution in [0.15, 0.2) is 60.7 Å². The summed E-state index contributed by atoms with van der Waals surface area (Å²) >= 11 is 0. The van der Waals surface area contributed by atoms with Gasteiger partial charge in [-0.2, -0.15) is 4.79 Å². The van der Waals surface area contributed by atoms with E-state index in [0.717, 1.165) is 7.11 Å². The van der Waals surface area contributed by atoms with Gasteiger partial charge in [0.1, 0.15) is 0 Å². The minimum Gasteiger partial charge on any atom is -0.460 e. The maximum atomic E-state index is 12.7. The molecule has 0 amide bonds. The van der Waals surface area contributed by atoms with Gasteiger partial charge in [-0.25, -0.2) is 4.79 Å². The first-order chi connectivity index (χ1) is 10.7. The van der Waals surface area contributed by atoms with Gasteiger partial charge in [0.25, 0.3) is 5.78 Å². The molecule has 0 heterocycles. The third-order valence-corrected chi connectivity index (χ3v) is 3.24. The molecular weight excluding hydrogens is 280 g/mol. The van der Waals surface area contributed by atoms with Crippen LogP contribution in [0.25, 0.3) is 5.53 Å². The number of ether oxygens (including phenoxy) is 1. The summed E-state index contributed by atoms with van der Waals surface area (Å²) in [6.07, 6.45) is 0. The zero-order valence-corrected chi connectivity index (χ0v) is 12.0. The van der Waals surface area contributed by atoms with E-state index in [1.165, 1.54) is 0 Å². The van der Waals surface area contributed by atoms with E-state index in [-0.39, 0.29) is 0 Å². The fraction of sp³-hybridized carbons (Fsp3) is 0.118. The van der Waals surface area contributed by atoms with Crippen molar-refractivity contribution in [2.45, 2.75) is 5.92 Å². The molecule has 0 saturated carbocycles. The van der Waals surface area contributed by atoms with Gasteiger partial charge < -0.3 is 10.3 Å². The van der Waals surface area contributed by atoms with Crippen molar-refractivity contribution in [2.24, 2.45) is 0 Å². The summed E-state index contributed by atoms with van der Waals surface area (Å²) in [4.78, 5) is 27.1. The summed E-state index contributed by atoms with van der Waals surface area (Å²) in [6, 6.07) is 18.0. The predicted octanol–water partition coefficient (Wildman–Crippen LogP) is 2.23. The van der Waals surface area contributed by atoms with E-state index < -0.39 is 23.4 Å². The number of carbonyl (C=O) groups excluding carboxylic acids is 2. The van der Waals surface area contributed by atoms with Crippen LogP contribution in [-0.4, -0.2) is 29.4 Å². The number of Topliss-reactive ketones (excluding diaryl/α,β-unsaturated/α-hetero) is 1. The summed E-state index contributed by atoms with van der Waals surface area (Å²) in [7, 11) is 1.13. The van der Waals surface area contributed by atoms with Gasteiger partial charge in [-0.15, -0.1) is 0 Å². The molecule has 2 rings (SSSR count). The fourth-order valence-electron chi connectivity index (χ4n) is 2.21. The smallest absolute Gasteiger partial charge is 0.442 e. The second-order valence-electron chi connectivity index (χ2n) is 4.56. The molecule has 22 heavy (non-hydrogen) atoms. The second kappa shape index (κ2) is 7.11. The molecule has 0 atom stereocenters. The van der Waals surface area contributed by atoms with Crippen LogP contribution in [0.3, 0.4) is 0 Å². The highest BCUT2D eigenvalue weighted by atomic mass is 16.5. The molecule has 2 aromatic rings. The molecule has 0 spiro atoms. The van der Waals surface area contributed by atoms with Gasteiger partial charge in [-0.1, -0.05) is 60.7 Å². The number of benzene rings is 2. The van der Waals surface area contributed by atoms with Gasteiger partial charge in [0, 0.05) is 0 Å². The lowest BCUT2D eigenvalue weighted by Gasteiger charge is -2.14. The number of esters is 1. The van der Waals surface area contributed by atoms with Crippen LogP contribution >= 0.6 is 0 Å². The molecule has 0 fully saturated rings. The number of rotatable bonds is 5. The van der Waals surface area contributed by atoms with Crippen molar-refractivity contribution in [3.63, 3.8) is 0 Å². The minimum absolute atomic E-state index is 0.619. The first-order valence-corrected chi connectivity index (χ1v) is 6.63. The van der Waals surface area contributed by atoms with E-state index in [1.807, 2.05) is 12.1 Å². The Kier molecular flexibility index (Phi) is 4.96. The first kappa shape index (κ1) is 15.4. The monoisotopic (exact) mass is 294 g/mol. The molecule has 5 nitrogen and oxygen atoms in total. The van der Waals surface area contributed by atoms with Crippen molar-refractivity contribution < 1.29 is 19.1 Å².